The summed E-state index contributed by atoms with van der Waals surface area (Å²) in [7, 11) is -1.92. The standard InChI is InChI=1S/C13H12Cl2N2O2S/c1-16-10-3-5-11(6-4-10)20(18,19)17-13-7-2-9(14)8-12(13)15/h2-8,16-17H,1H3. The van der Waals surface area contributed by atoms with E-state index < -0.39 is 10.0 Å². The number of anilines is 2. The molecule has 2 N–H and O–H groups in total. The van der Waals surface area contributed by atoms with Crippen LogP contribution in [0.1, 0.15) is 0 Å². The minimum Gasteiger partial charge on any atom is -0.388 e. The second-order valence-electron chi connectivity index (χ2n) is 4.00. The van der Waals surface area contributed by atoms with Crippen molar-refractivity contribution in [1.29, 1.82) is 0 Å². The average molecular weight is 331 g/mol. The van der Waals surface area contributed by atoms with Gasteiger partial charge in [0, 0.05) is 17.8 Å². The lowest BCUT2D eigenvalue weighted by atomic mass is 10.3. The Morgan fingerprint density at radius 2 is 1.65 bits per heavy atom. The third kappa shape index (κ3) is 3.36. The Bertz CT molecular complexity index is 716. The quantitative estimate of drug-likeness (QED) is 0.895. The molecular formula is C13H12Cl2N2O2S. The summed E-state index contributed by atoms with van der Waals surface area (Å²) in [4.78, 5) is 0.155. The Balaban J connectivity index is 2.30. The fourth-order valence-electron chi connectivity index (χ4n) is 1.58. The highest BCUT2D eigenvalue weighted by Crippen LogP contribution is 2.27. The van der Waals surface area contributed by atoms with Crippen molar-refractivity contribution in [3.05, 3.63) is 52.5 Å². The number of hydrogen-bond acceptors (Lipinski definition) is 3. The number of nitrogens with one attached hydrogen (secondary N) is 2. The van der Waals surface area contributed by atoms with Gasteiger partial charge in [0.15, 0.2) is 0 Å². The third-order valence-corrected chi connectivity index (χ3v) is 4.56. The summed E-state index contributed by atoms with van der Waals surface area (Å²) < 4.78 is 26.9. The maximum absolute atomic E-state index is 12.2. The van der Waals surface area contributed by atoms with E-state index in [0.29, 0.717) is 5.02 Å². The van der Waals surface area contributed by atoms with Crippen LogP contribution < -0.4 is 10.0 Å². The van der Waals surface area contributed by atoms with Gasteiger partial charge >= 0.3 is 0 Å². The SMILES string of the molecule is CNc1ccc(S(=O)(=O)Nc2ccc(Cl)cc2Cl)cc1. The summed E-state index contributed by atoms with van der Waals surface area (Å²) in [5.74, 6) is 0. The maximum atomic E-state index is 12.2. The maximum Gasteiger partial charge on any atom is 0.261 e. The van der Waals surface area contributed by atoms with Crippen LogP contribution in [0.25, 0.3) is 0 Å². The summed E-state index contributed by atoms with van der Waals surface area (Å²) in [6.45, 7) is 0. The van der Waals surface area contributed by atoms with Gasteiger partial charge in [0.05, 0.1) is 15.6 Å². The van der Waals surface area contributed by atoms with E-state index in [1.165, 1.54) is 24.3 Å². The molecule has 2 rings (SSSR count). The Morgan fingerprint density at radius 3 is 2.20 bits per heavy atom. The fraction of sp³-hybridized carbons (Fsp3) is 0.0769. The normalized spacial score (nSPS) is 11.2. The Hall–Kier alpha value is -1.43. The molecule has 0 aliphatic rings. The first kappa shape index (κ1) is 15.0. The van der Waals surface area contributed by atoms with E-state index in [1.54, 1.807) is 25.2 Å². The highest BCUT2D eigenvalue weighted by Gasteiger charge is 2.15. The van der Waals surface area contributed by atoms with Crippen molar-refractivity contribution in [2.75, 3.05) is 17.1 Å². The first-order valence-corrected chi connectivity index (χ1v) is 7.92. The van der Waals surface area contributed by atoms with Crippen LogP contribution in [0.5, 0.6) is 0 Å². The van der Waals surface area contributed by atoms with Gasteiger partial charge < -0.3 is 5.32 Å². The number of halogens is 2. The molecule has 7 heteroatoms. The third-order valence-electron chi connectivity index (χ3n) is 2.63. The Morgan fingerprint density at radius 1 is 1.00 bits per heavy atom. The Kier molecular flexibility index (Phi) is 4.42. The smallest absolute Gasteiger partial charge is 0.261 e. The summed E-state index contributed by atoms with van der Waals surface area (Å²) in [6.07, 6.45) is 0. The van der Waals surface area contributed by atoms with Gasteiger partial charge in [0.2, 0.25) is 0 Å². The minimum atomic E-state index is -3.68. The van der Waals surface area contributed by atoms with Crippen LogP contribution >= 0.6 is 23.2 Å². The van der Waals surface area contributed by atoms with Crippen molar-refractivity contribution >= 4 is 44.6 Å². The number of rotatable bonds is 4. The number of benzene rings is 2. The zero-order valence-electron chi connectivity index (χ0n) is 10.5. The van der Waals surface area contributed by atoms with Crippen molar-refractivity contribution in [1.82, 2.24) is 0 Å². The lowest BCUT2D eigenvalue weighted by Gasteiger charge is -2.10. The minimum absolute atomic E-state index is 0.155. The van der Waals surface area contributed by atoms with E-state index in [9.17, 15) is 8.42 Å². The molecule has 2 aromatic carbocycles. The summed E-state index contributed by atoms with van der Waals surface area (Å²) in [5, 5.41) is 3.60. The molecule has 4 nitrogen and oxygen atoms in total. The van der Waals surface area contributed by atoms with E-state index in [4.69, 9.17) is 23.2 Å². The van der Waals surface area contributed by atoms with Crippen molar-refractivity contribution in [2.45, 2.75) is 4.90 Å². The van der Waals surface area contributed by atoms with E-state index in [1.807, 2.05) is 0 Å². The molecule has 0 saturated carbocycles. The molecule has 0 aliphatic heterocycles. The molecule has 20 heavy (non-hydrogen) atoms. The molecule has 0 radical (unpaired) electrons. The zero-order chi connectivity index (χ0) is 14.8. The average Bonchev–Trinajstić information content (AvgIpc) is 2.42. The predicted molar refractivity (Wildman–Crippen MR) is 83.3 cm³/mol. The first-order chi connectivity index (χ1) is 9.42. The van der Waals surface area contributed by atoms with Crippen LogP contribution in [0.15, 0.2) is 47.4 Å². The largest absolute Gasteiger partial charge is 0.388 e. The van der Waals surface area contributed by atoms with Gasteiger partial charge in [-0.25, -0.2) is 8.42 Å². The van der Waals surface area contributed by atoms with Crippen molar-refractivity contribution < 1.29 is 8.42 Å². The molecule has 0 bridgehead atoms. The van der Waals surface area contributed by atoms with Crippen LogP contribution in [-0.2, 0) is 10.0 Å². The lowest BCUT2D eigenvalue weighted by molar-refractivity contribution is 0.601. The molecule has 0 saturated heterocycles. The van der Waals surface area contributed by atoms with Crippen molar-refractivity contribution in [3.63, 3.8) is 0 Å². The summed E-state index contributed by atoms with van der Waals surface area (Å²) in [5.41, 5.74) is 1.11. The van der Waals surface area contributed by atoms with Gasteiger partial charge in [-0.05, 0) is 42.5 Å². The summed E-state index contributed by atoms with van der Waals surface area (Å²) in [6, 6.07) is 10.9. The molecule has 0 fully saturated rings. The second-order valence-corrected chi connectivity index (χ2v) is 6.53. The van der Waals surface area contributed by atoms with Gasteiger partial charge in [0.25, 0.3) is 10.0 Å². The predicted octanol–water partition coefficient (Wildman–Crippen LogP) is 3.84. The molecule has 0 unspecified atom stereocenters. The van der Waals surface area contributed by atoms with Crippen LogP contribution in [0.4, 0.5) is 11.4 Å². The van der Waals surface area contributed by atoms with Crippen molar-refractivity contribution in [2.24, 2.45) is 0 Å². The fourth-order valence-corrected chi connectivity index (χ4v) is 3.17. The molecule has 0 atom stereocenters. The topological polar surface area (TPSA) is 58.2 Å². The molecule has 0 aromatic heterocycles. The zero-order valence-corrected chi connectivity index (χ0v) is 12.9. The summed E-state index contributed by atoms with van der Waals surface area (Å²) >= 11 is 11.7. The molecule has 0 spiro atoms. The molecule has 2 aromatic rings. The van der Waals surface area contributed by atoms with E-state index >= 15 is 0 Å². The van der Waals surface area contributed by atoms with Gasteiger partial charge in [0.1, 0.15) is 0 Å². The highest BCUT2D eigenvalue weighted by atomic mass is 35.5. The molecule has 0 aliphatic carbocycles. The lowest BCUT2D eigenvalue weighted by Crippen LogP contribution is -2.13. The van der Waals surface area contributed by atoms with Crippen LogP contribution in [0.3, 0.4) is 0 Å². The molecule has 0 amide bonds. The highest BCUT2D eigenvalue weighted by molar-refractivity contribution is 7.92. The number of sulfonamides is 1. The molecule has 106 valence electrons. The second kappa shape index (κ2) is 5.91. The van der Waals surface area contributed by atoms with E-state index in [-0.39, 0.29) is 15.6 Å². The monoisotopic (exact) mass is 330 g/mol. The number of hydrogen-bond donors (Lipinski definition) is 2. The van der Waals surface area contributed by atoms with Crippen LogP contribution in [-0.4, -0.2) is 15.5 Å². The van der Waals surface area contributed by atoms with Gasteiger partial charge in [-0.15, -0.1) is 0 Å². The van der Waals surface area contributed by atoms with Crippen LogP contribution in [0.2, 0.25) is 10.0 Å². The van der Waals surface area contributed by atoms with Gasteiger partial charge in [-0.3, -0.25) is 4.72 Å². The van der Waals surface area contributed by atoms with Gasteiger partial charge in [-0.2, -0.15) is 0 Å². The molecular weight excluding hydrogens is 319 g/mol. The first-order valence-electron chi connectivity index (χ1n) is 5.68. The Labute approximate surface area is 127 Å². The van der Waals surface area contributed by atoms with Crippen molar-refractivity contribution in [3.8, 4) is 0 Å². The van der Waals surface area contributed by atoms with E-state index in [0.717, 1.165) is 5.69 Å². The van der Waals surface area contributed by atoms with E-state index in [2.05, 4.69) is 10.0 Å². The van der Waals surface area contributed by atoms with Crippen LogP contribution in [0, 0.1) is 0 Å². The molecule has 0 heterocycles. The van der Waals surface area contributed by atoms with Gasteiger partial charge in [-0.1, -0.05) is 23.2 Å².